The molecule has 5 nitrogen and oxygen atoms in total. The van der Waals surface area contributed by atoms with Crippen LogP contribution in [0.25, 0.3) is 0 Å². The number of benzene rings is 1. The van der Waals surface area contributed by atoms with Crippen LogP contribution in [0.15, 0.2) is 12.1 Å². The maximum absolute atomic E-state index is 9.60. The quantitative estimate of drug-likeness (QED) is 0.831. The summed E-state index contributed by atoms with van der Waals surface area (Å²) in [6.45, 7) is 4.57. The lowest BCUT2D eigenvalue weighted by Gasteiger charge is -2.20. The van der Waals surface area contributed by atoms with Crippen molar-refractivity contribution in [3.8, 4) is 17.2 Å². The number of ether oxygens (including phenoxy) is 3. The Bertz CT molecular complexity index is 485. The first-order valence-electron chi connectivity index (χ1n) is 7.14. The SMILES string of the molecule is CC(O)C(C)Oc1cc2c(cc1CNC1CC1)OCO2. The molecule has 20 heavy (non-hydrogen) atoms. The molecule has 1 heterocycles. The van der Waals surface area contributed by atoms with Crippen LogP contribution < -0.4 is 19.5 Å². The van der Waals surface area contributed by atoms with Crippen molar-refractivity contribution in [2.75, 3.05) is 6.79 Å². The Balaban J connectivity index is 1.80. The summed E-state index contributed by atoms with van der Waals surface area (Å²) in [5, 5.41) is 13.1. The van der Waals surface area contributed by atoms with Gasteiger partial charge in [-0.25, -0.2) is 0 Å². The number of hydrogen-bond acceptors (Lipinski definition) is 5. The standard InChI is InChI=1S/C15H21NO4/c1-9(17)10(2)20-13-6-15-14(18-8-19-15)5-11(13)7-16-12-3-4-12/h5-6,9-10,12,16-17H,3-4,7-8H2,1-2H3. The largest absolute Gasteiger partial charge is 0.488 e. The van der Waals surface area contributed by atoms with Gasteiger partial charge in [-0.2, -0.15) is 0 Å². The van der Waals surface area contributed by atoms with E-state index in [9.17, 15) is 5.11 Å². The van der Waals surface area contributed by atoms with Crippen LogP contribution >= 0.6 is 0 Å². The van der Waals surface area contributed by atoms with Gasteiger partial charge in [0.1, 0.15) is 11.9 Å². The van der Waals surface area contributed by atoms with Gasteiger partial charge in [0, 0.05) is 24.2 Å². The summed E-state index contributed by atoms with van der Waals surface area (Å²) in [6.07, 6.45) is 1.69. The third-order valence-electron chi connectivity index (χ3n) is 3.71. The van der Waals surface area contributed by atoms with Crippen molar-refractivity contribution < 1.29 is 19.3 Å². The van der Waals surface area contributed by atoms with E-state index in [2.05, 4.69) is 5.32 Å². The second-order valence-corrected chi connectivity index (χ2v) is 5.53. The Kier molecular flexibility index (Phi) is 3.72. The van der Waals surface area contributed by atoms with E-state index in [4.69, 9.17) is 14.2 Å². The van der Waals surface area contributed by atoms with Gasteiger partial charge in [0.05, 0.1) is 6.10 Å². The molecule has 1 aromatic rings. The van der Waals surface area contributed by atoms with Crippen molar-refractivity contribution in [2.45, 2.75) is 51.5 Å². The van der Waals surface area contributed by atoms with Crippen LogP contribution in [0.2, 0.25) is 0 Å². The van der Waals surface area contributed by atoms with Crippen molar-refractivity contribution in [1.29, 1.82) is 0 Å². The number of fused-ring (bicyclic) bond motifs is 1. The highest BCUT2D eigenvalue weighted by Crippen LogP contribution is 2.39. The maximum Gasteiger partial charge on any atom is 0.231 e. The summed E-state index contributed by atoms with van der Waals surface area (Å²) in [5.41, 5.74) is 1.04. The van der Waals surface area contributed by atoms with Crippen molar-refractivity contribution in [1.82, 2.24) is 5.32 Å². The van der Waals surface area contributed by atoms with E-state index >= 15 is 0 Å². The van der Waals surface area contributed by atoms with Gasteiger partial charge in [0.15, 0.2) is 11.5 Å². The molecule has 0 spiro atoms. The van der Waals surface area contributed by atoms with Gasteiger partial charge in [-0.1, -0.05) is 0 Å². The Morgan fingerprint density at radius 2 is 2.00 bits per heavy atom. The number of nitrogens with one attached hydrogen (secondary N) is 1. The summed E-state index contributed by atoms with van der Waals surface area (Å²) in [6, 6.07) is 4.44. The summed E-state index contributed by atoms with van der Waals surface area (Å²) >= 11 is 0. The molecule has 0 radical (unpaired) electrons. The molecule has 2 unspecified atom stereocenters. The van der Waals surface area contributed by atoms with Crippen molar-refractivity contribution in [3.05, 3.63) is 17.7 Å². The molecule has 2 atom stereocenters. The topological polar surface area (TPSA) is 60.0 Å². The molecule has 0 bridgehead atoms. The van der Waals surface area contributed by atoms with Crippen LogP contribution in [0, 0.1) is 0 Å². The van der Waals surface area contributed by atoms with Crippen molar-refractivity contribution >= 4 is 0 Å². The average molecular weight is 279 g/mol. The molecular formula is C15H21NO4. The lowest BCUT2D eigenvalue weighted by molar-refractivity contribution is 0.0596. The first-order valence-corrected chi connectivity index (χ1v) is 7.14. The molecule has 3 rings (SSSR count). The summed E-state index contributed by atoms with van der Waals surface area (Å²) in [7, 11) is 0. The summed E-state index contributed by atoms with van der Waals surface area (Å²) in [4.78, 5) is 0. The van der Waals surface area contributed by atoms with Gasteiger partial charge in [0.25, 0.3) is 0 Å². The van der Waals surface area contributed by atoms with Crippen molar-refractivity contribution in [3.63, 3.8) is 0 Å². The molecule has 1 aliphatic carbocycles. The monoisotopic (exact) mass is 279 g/mol. The van der Waals surface area contributed by atoms with E-state index in [1.54, 1.807) is 6.92 Å². The molecule has 1 aromatic carbocycles. The van der Waals surface area contributed by atoms with Gasteiger partial charge in [-0.15, -0.1) is 0 Å². The minimum Gasteiger partial charge on any atom is -0.488 e. The zero-order chi connectivity index (χ0) is 14.1. The van der Waals surface area contributed by atoms with E-state index in [1.165, 1.54) is 12.8 Å². The second kappa shape index (κ2) is 5.50. The highest BCUT2D eigenvalue weighted by atomic mass is 16.7. The van der Waals surface area contributed by atoms with Crippen LogP contribution in [0.3, 0.4) is 0 Å². The molecule has 110 valence electrons. The number of rotatable bonds is 6. The number of hydrogen-bond donors (Lipinski definition) is 2. The highest BCUT2D eigenvalue weighted by molar-refractivity contribution is 5.52. The maximum atomic E-state index is 9.60. The smallest absolute Gasteiger partial charge is 0.231 e. The molecular weight excluding hydrogens is 258 g/mol. The van der Waals surface area contributed by atoms with E-state index in [0.29, 0.717) is 11.8 Å². The van der Waals surface area contributed by atoms with E-state index in [1.807, 2.05) is 19.1 Å². The normalized spacial score (nSPS) is 19.8. The minimum absolute atomic E-state index is 0.250. The first-order chi connectivity index (χ1) is 9.63. The van der Waals surface area contributed by atoms with E-state index in [0.717, 1.165) is 23.6 Å². The fourth-order valence-corrected chi connectivity index (χ4v) is 2.05. The third-order valence-corrected chi connectivity index (χ3v) is 3.71. The molecule has 0 aromatic heterocycles. The Morgan fingerprint density at radius 1 is 1.30 bits per heavy atom. The lowest BCUT2D eigenvalue weighted by atomic mass is 10.1. The zero-order valence-corrected chi connectivity index (χ0v) is 11.9. The van der Waals surface area contributed by atoms with Gasteiger partial charge in [-0.05, 0) is 32.8 Å². The van der Waals surface area contributed by atoms with Gasteiger partial charge < -0.3 is 24.6 Å². The fraction of sp³-hybridized carbons (Fsp3) is 0.600. The zero-order valence-electron chi connectivity index (χ0n) is 11.9. The van der Waals surface area contributed by atoms with Crippen LogP contribution in [-0.4, -0.2) is 30.1 Å². The Morgan fingerprint density at radius 3 is 2.65 bits per heavy atom. The molecule has 1 aliphatic heterocycles. The van der Waals surface area contributed by atoms with Crippen LogP contribution in [-0.2, 0) is 6.54 Å². The van der Waals surface area contributed by atoms with E-state index in [-0.39, 0.29) is 12.9 Å². The molecule has 0 saturated heterocycles. The van der Waals surface area contributed by atoms with Gasteiger partial charge >= 0.3 is 0 Å². The van der Waals surface area contributed by atoms with Crippen LogP contribution in [0.4, 0.5) is 0 Å². The van der Waals surface area contributed by atoms with Gasteiger partial charge in [0.2, 0.25) is 6.79 Å². The predicted molar refractivity (Wildman–Crippen MR) is 74.2 cm³/mol. The molecule has 2 aliphatic rings. The van der Waals surface area contributed by atoms with Gasteiger partial charge in [-0.3, -0.25) is 0 Å². The highest BCUT2D eigenvalue weighted by Gasteiger charge is 2.23. The summed E-state index contributed by atoms with van der Waals surface area (Å²) < 4.78 is 16.7. The lowest BCUT2D eigenvalue weighted by Crippen LogP contribution is -2.26. The molecule has 0 amide bonds. The Labute approximate surface area is 118 Å². The van der Waals surface area contributed by atoms with Crippen LogP contribution in [0.5, 0.6) is 17.2 Å². The number of aliphatic hydroxyl groups is 1. The molecule has 1 saturated carbocycles. The minimum atomic E-state index is -0.523. The predicted octanol–water partition coefficient (Wildman–Crippen LogP) is 1.82. The number of aliphatic hydroxyl groups excluding tert-OH is 1. The molecule has 1 fully saturated rings. The average Bonchev–Trinajstić information content (AvgIpc) is 3.13. The summed E-state index contributed by atoms with van der Waals surface area (Å²) in [5.74, 6) is 2.21. The Hall–Kier alpha value is -1.46. The van der Waals surface area contributed by atoms with Crippen molar-refractivity contribution in [2.24, 2.45) is 0 Å². The van der Waals surface area contributed by atoms with Crippen LogP contribution in [0.1, 0.15) is 32.3 Å². The fourth-order valence-electron chi connectivity index (χ4n) is 2.05. The molecule has 2 N–H and O–H groups in total. The molecule has 5 heteroatoms. The second-order valence-electron chi connectivity index (χ2n) is 5.53. The first kappa shape index (κ1) is 13.5. The third kappa shape index (κ3) is 2.99. The van der Waals surface area contributed by atoms with E-state index < -0.39 is 6.10 Å².